The minimum absolute atomic E-state index is 0.0463. The van der Waals surface area contributed by atoms with Gasteiger partial charge < -0.3 is 15.8 Å². The Morgan fingerprint density at radius 1 is 1.11 bits per heavy atom. The molecule has 2 aromatic carbocycles. The molecular formula is C22H18N4O2. The first-order valence-corrected chi connectivity index (χ1v) is 8.86. The molecule has 1 aromatic heterocycles. The fourth-order valence-corrected chi connectivity index (χ4v) is 3.45. The average molecular weight is 370 g/mol. The number of nitrogens with zero attached hydrogens (tertiary/aromatic N) is 2. The maximum Gasteiger partial charge on any atom is 0.251 e. The first-order chi connectivity index (χ1) is 13.6. The summed E-state index contributed by atoms with van der Waals surface area (Å²) in [4.78, 5) is 16.3. The number of nitrogens with one attached hydrogen (secondary N) is 1. The van der Waals surface area contributed by atoms with Crippen molar-refractivity contribution in [1.82, 2.24) is 10.3 Å². The maximum absolute atomic E-state index is 12.0. The number of rotatable bonds is 3. The Bertz CT molecular complexity index is 1130. The summed E-state index contributed by atoms with van der Waals surface area (Å²) < 4.78 is 5.45. The van der Waals surface area contributed by atoms with Crippen LogP contribution in [0.4, 0.5) is 5.82 Å². The molecule has 0 radical (unpaired) electrons. The number of hydrogen-bond acceptors (Lipinski definition) is 5. The molecule has 0 saturated heterocycles. The van der Waals surface area contributed by atoms with E-state index in [0.29, 0.717) is 29.2 Å². The second kappa shape index (κ2) is 7.05. The molecule has 3 N–H and O–H groups in total. The van der Waals surface area contributed by atoms with Gasteiger partial charge >= 0.3 is 0 Å². The van der Waals surface area contributed by atoms with Gasteiger partial charge in [0.1, 0.15) is 11.6 Å². The number of amides is 1. The van der Waals surface area contributed by atoms with Crippen LogP contribution in [0.2, 0.25) is 0 Å². The molecule has 6 heteroatoms. The summed E-state index contributed by atoms with van der Waals surface area (Å²) in [6.45, 7) is 0.630. The molecule has 1 aliphatic heterocycles. The van der Waals surface area contributed by atoms with Crippen LogP contribution in [0.5, 0.6) is 5.75 Å². The molecule has 0 fully saturated rings. The lowest BCUT2D eigenvalue weighted by Gasteiger charge is -2.18. The smallest absolute Gasteiger partial charge is 0.251 e. The summed E-state index contributed by atoms with van der Waals surface area (Å²) in [6, 6.07) is 15.1. The number of benzene rings is 2. The highest BCUT2D eigenvalue weighted by Crippen LogP contribution is 2.35. The van der Waals surface area contributed by atoms with Gasteiger partial charge in [0.25, 0.3) is 5.91 Å². The molecule has 0 saturated carbocycles. The Balaban J connectivity index is 1.81. The van der Waals surface area contributed by atoms with Crippen LogP contribution in [-0.4, -0.2) is 24.5 Å². The van der Waals surface area contributed by atoms with Crippen molar-refractivity contribution in [2.45, 2.75) is 6.42 Å². The molecule has 0 atom stereocenters. The van der Waals surface area contributed by atoms with Crippen LogP contribution in [0, 0.1) is 11.3 Å². The molecule has 0 spiro atoms. The predicted molar refractivity (Wildman–Crippen MR) is 107 cm³/mol. The van der Waals surface area contributed by atoms with Gasteiger partial charge in [0.15, 0.2) is 0 Å². The standard InChI is InChI=1S/C22H18N4O2/c1-28-20-8-13(11-23)2-4-17(20)16-10-19(21(24)26-12-16)14-3-5-18-15(9-14)6-7-25-22(18)27/h2-5,8-10,12H,6-7H2,1H3,(H2,24,26)(H,25,27). The highest BCUT2D eigenvalue weighted by Gasteiger charge is 2.18. The molecule has 138 valence electrons. The third-order valence-electron chi connectivity index (χ3n) is 4.90. The number of nitrogens with two attached hydrogens (primary N) is 1. The van der Waals surface area contributed by atoms with Crippen molar-refractivity contribution in [1.29, 1.82) is 5.26 Å². The molecule has 28 heavy (non-hydrogen) atoms. The van der Waals surface area contributed by atoms with Gasteiger partial charge in [-0.1, -0.05) is 12.1 Å². The van der Waals surface area contributed by atoms with Gasteiger partial charge in [0, 0.05) is 35.0 Å². The highest BCUT2D eigenvalue weighted by atomic mass is 16.5. The number of methoxy groups -OCH3 is 1. The lowest BCUT2D eigenvalue weighted by atomic mass is 9.94. The van der Waals surface area contributed by atoms with Crippen LogP contribution in [0.1, 0.15) is 21.5 Å². The molecule has 0 unspecified atom stereocenters. The second-order valence-corrected chi connectivity index (χ2v) is 6.56. The maximum atomic E-state index is 12.0. The highest BCUT2D eigenvalue weighted by molar-refractivity contribution is 5.97. The third-order valence-corrected chi connectivity index (χ3v) is 4.90. The Kier molecular flexibility index (Phi) is 4.42. The number of aromatic nitrogens is 1. The van der Waals surface area contributed by atoms with Crippen LogP contribution in [-0.2, 0) is 6.42 Å². The van der Waals surface area contributed by atoms with Crippen molar-refractivity contribution in [3.05, 3.63) is 65.4 Å². The zero-order valence-corrected chi connectivity index (χ0v) is 15.3. The lowest BCUT2D eigenvalue weighted by molar-refractivity contribution is 0.0946. The van der Waals surface area contributed by atoms with Gasteiger partial charge in [-0.2, -0.15) is 5.26 Å². The molecular weight excluding hydrogens is 352 g/mol. The lowest BCUT2D eigenvalue weighted by Crippen LogP contribution is -2.31. The molecule has 0 aliphatic carbocycles. The van der Waals surface area contributed by atoms with Crippen LogP contribution < -0.4 is 15.8 Å². The summed E-state index contributed by atoms with van der Waals surface area (Å²) in [5.74, 6) is 0.963. The Hall–Kier alpha value is -3.85. The Labute approximate surface area is 162 Å². The number of nitriles is 1. The van der Waals surface area contributed by atoms with Gasteiger partial charge in [-0.15, -0.1) is 0 Å². The number of ether oxygens (including phenoxy) is 1. The van der Waals surface area contributed by atoms with E-state index in [2.05, 4.69) is 16.4 Å². The van der Waals surface area contributed by atoms with Crippen molar-refractivity contribution in [3.8, 4) is 34.1 Å². The summed E-state index contributed by atoms with van der Waals surface area (Å²) in [7, 11) is 1.57. The van der Waals surface area contributed by atoms with Gasteiger partial charge in [-0.3, -0.25) is 4.79 Å². The van der Waals surface area contributed by atoms with E-state index in [1.54, 1.807) is 25.4 Å². The number of carbonyl (C=O) groups is 1. The first kappa shape index (κ1) is 17.6. The van der Waals surface area contributed by atoms with Gasteiger partial charge in [-0.05, 0) is 47.9 Å². The molecule has 4 rings (SSSR count). The predicted octanol–water partition coefficient (Wildman–Crippen LogP) is 3.16. The Morgan fingerprint density at radius 2 is 1.93 bits per heavy atom. The Morgan fingerprint density at radius 3 is 2.71 bits per heavy atom. The van der Waals surface area contributed by atoms with E-state index in [1.807, 2.05) is 30.3 Å². The number of fused-ring (bicyclic) bond motifs is 1. The number of carbonyl (C=O) groups excluding carboxylic acids is 1. The van der Waals surface area contributed by atoms with Gasteiger partial charge in [0.2, 0.25) is 0 Å². The van der Waals surface area contributed by atoms with E-state index in [4.69, 9.17) is 15.7 Å². The summed E-state index contributed by atoms with van der Waals surface area (Å²) >= 11 is 0. The number of nitrogen functional groups attached to an aromatic ring is 1. The molecule has 2 heterocycles. The van der Waals surface area contributed by atoms with Gasteiger partial charge in [0.05, 0.1) is 18.7 Å². The van der Waals surface area contributed by atoms with Crippen LogP contribution >= 0.6 is 0 Å². The van der Waals surface area contributed by atoms with E-state index in [0.717, 1.165) is 34.2 Å². The van der Waals surface area contributed by atoms with E-state index in [-0.39, 0.29) is 5.91 Å². The van der Waals surface area contributed by atoms with Crippen molar-refractivity contribution in [2.24, 2.45) is 0 Å². The summed E-state index contributed by atoms with van der Waals surface area (Å²) in [5.41, 5.74) is 11.7. The minimum atomic E-state index is -0.0463. The topological polar surface area (TPSA) is 101 Å². The number of hydrogen-bond donors (Lipinski definition) is 2. The fourth-order valence-electron chi connectivity index (χ4n) is 3.45. The SMILES string of the molecule is COc1cc(C#N)ccc1-c1cnc(N)c(-c2ccc3c(c2)CCNC3=O)c1. The van der Waals surface area contributed by atoms with Gasteiger partial charge in [-0.25, -0.2) is 4.98 Å². The number of pyridine rings is 1. The monoisotopic (exact) mass is 370 g/mol. The average Bonchev–Trinajstić information content (AvgIpc) is 2.73. The van der Waals surface area contributed by atoms with E-state index in [1.165, 1.54) is 0 Å². The van der Waals surface area contributed by atoms with Crippen LogP contribution in [0.15, 0.2) is 48.7 Å². The second-order valence-electron chi connectivity index (χ2n) is 6.56. The summed E-state index contributed by atoms with van der Waals surface area (Å²) in [5, 5.41) is 11.9. The van der Waals surface area contributed by atoms with Crippen LogP contribution in [0.25, 0.3) is 22.3 Å². The quantitative estimate of drug-likeness (QED) is 0.737. The van der Waals surface area contributed by atoms with Crippen molar-refractivity contribution in [3.63, 3.8) is 0 Å². The minimum Gasteiger partial charge on any atom is -0.496 e. The molecule has 3 aromatic rings. The molecule has 1 amide bonds. The van der Waals surface area contributed by atoms with Crippen LogP contribution in [0.3, 0.4) is 0 Å². The molecule has 6 nitrogen and oxygen atoms in total. The van der Waals surface area contributed by atoms with Crippen molar-refractivity contribution < 1.29 is 9.53 Å². The fraction of sp³-hybridized carbons (Fsp3) is 0.136. The first-order valence-electron chi connectivity index (χ1n) is 8.86. The van der Waals surface area contributed by atoms with E-state index < -0.39 is 0 Å². The number of anilines is 1. The van der Waals surface area contributed by atoms with Crippen molar-refractivity contribution >= 4 is 11.7 Å². The summed E-state index contributed by atoms with van der Waals surface area (Å²) in [6.07, 6.45) is 2.47. The zero-order valence-electron chi connectivity index (χ0n) is 15.3. The largest absolute Gasteiger partial charge is 0.496 e. The molecule has 0 bridgehead atoms. The van der Waals surface area contributed by atoms with Crippen molar-refractivity contribution in [2.75, 3.05) is 19.4 Å². The third kappa shape index (κ3) is 3.03. The van der Waals surface area contributed by atoms with E-state index >= 15 is 0 Å². The normalized spacial score (nSPS) is 12.6. The van der Waals surface area contributed by atoms with E-state index in [9.17, 15) is 4.79 Å². The zero-order chi connectivity index (χ0) is 19.7. The molecule has 1 aliphatic rings.